The van der Waals surface area contributed by atoms with Crippen LogP contribution in [0.1, 0.15) is 65.7 Å². The molecule has 78 valence electrons. The topological polar surface area (TPSA) is 0 Å². The van der Waals surface area contributed by atoms with Gasteiger partial charge in [0, 0.05) is 0 Å². The van der Waals surface area contributed by atoms with E-state index in [2.05, 4.69) is 32.9 Å². The summed E-state index contributed by atoms with van der Waals surface area (Å²) in [7, 11) is 0. The van der Waals surface area contributed by atoms with Gasteiger partial charge in [-0.25, -0.2) is 0 Å². The van der Waals surface area contributed by atoms with Crippen molar-refractivity contribution in [2.75, 3.05) is 0 Å². The van der Waals surface area contributed by atoms with Crippen molar-refractivity contribution >= 4 is 0 Å². The normalized spacial score (nSPS) is 11.7. The highest BCUT2D eigenvalue weighted by Crippen LogP contribution is 2.06. The molecule has 0 N–H and O–H groups in total. The summed E-state index contributed by atoms with van der Waals surface area (Å²) < 4.78 is 0. The Morgan fingerprint density at radius 2 is 1.62 bits per heavy atom. The highest BCUT2D eigenvalue weighted by atomic mass is 13.9. The average Bonchev–Trinajstić information content (AvgIpc) is 2.09. The molecule has 0 heterocycles. The van der Waals surface area contributed by atoms with Crippen LogP contribution in [0.3, 0.4) is 0 Å². The van der Waals surface area contributed by atoms with Gasteiger partial charge >= 0.3 is 0 Å². The first-order chi connectivity index (χ1) is 6.27. The number of allylic oxidation sites excluding steroid dienone is 2. The fraction of sp³-hybridized carbons (Fsp3) is 0.846. The predicted molar refractivity (Wildman–Crippen MR) is 62.0 cm³/mol. The van der Waals surface area contributed by atoms with E-state index in [9.17, 15) is 0 Å². The fourth-order valence-electron chi connectivity index (χ4n) is 1.35. The van der Waals surface area contributed by atoms with Gasteiger partial charge in [-0.2, -0.15) is 0 Å². The van der Waals surface area contributed by atoms with Crippen molar-refractivity contribution in [3.63, 3.8) is 0 Å². The zero-order chi connectivity index (χ0) is 9.94. The first-order valence-electron chi connectivity index (χ1n) is 5.92. The molecule has 0 aliphatic carbocycles. The van der Waals surface area contributed by atoms with Gasteiger partial charge in [-0.1, -0.05) is 58.6 Å². The quantitative estimate of drug-likeness (QED) is 0.368. The molecule has 0 amide bonds. The van der Waals surface area contributed by atoms with Crippen LogP contribution in [-0.2, 0) is 0 Å². The van der Waals surface area contributed by atoms with E-state index in [0.29, 0.717) is 0 Å². The van der Waals surface area contributed by atoms with Crippen molar-refractivity contribution in [3.8, 4) is 0 Å². The lowest BCUT2D eigenvalue weighted by molar-refractivity contribution is 0.633. The summed E-state index contributed by atoms with van der Waals surface area (Å²) in [5.41, 5.74) is 0. The van der Waals surface area contributed by atoms with Crippen LogP contribution in [0.4, 0.5) is 0 Å². The molecule has 0 aromatic carbocycles. The van der Waals surface area contributed by atoms with E-state index in [-0.39, 0.29) is 0 Å². The third kappa shape index (κ3) is 11.7. The van der Waals surface area contributed by atoms with E-state index < -0.39 is 0 Å². The van der Waals surface area contributed by atoms with Gasteiger partial charge in [0.2, 0.25) is 0 Å². The predicted octanol–water partition coefficient (Wildman–Crippen LogP) is 4.95. The van der Waals surface area contributed by atoms with Crippen LogP contribution in [0.5, 0.6) is 0 Å². The maximum absolute atomic E-state index is 2.35. The Morgan fingerprint density at radius 1 is 0.923 bits per heavy atom. The highest BCUT2D eigenvalue weighted by Gasteiger charge is 1.88. The smallest absolute Gasteiger partial charge is 0.0327 e. The SMILES string of the molecule is CCCCCCC/C=C/CC(C)C. The Hall–Kier alpha value is -0.260. The molecule has 0 saturated carbocycles. The molecule has 0 unspecified atom stereocenters. The van der Waals surface area contributed by atoms with Gasteiger partial charge < -0.3 is 0 Å². The first-order valence-corrected chi connectivity index (χ1v) is 5.92. The van der Waals surface area contributed by atoms with Crippen LogP contribution >= 0.6 is 0 Å². The maximum Gasteiger partial charge on any atom is -0.0327 e. The average molecular weight is 182 g/mol. The summed E-state index contributed by atoms with van der Waals surface area (Å²) in [5.74, 6) is 0.816. The lowest BCUT2D eigenvalue weighted by Crippen LogP contribution is -1.81. The van der Waals surface area contributed by atoms with Crippen molar-refractivity contribution in [1.29, 1.82) is 0 Å². The van der Waals surface area contributed by atoms with Gasteiger partial charge in [-0.15, -0.1) is 0 Å². The number of hydrogen-bond donors (Lipinski definition) is 0. The van der Waals surface area contributed by atoms with E-state index in [1.54, 1.807) is 0 Å². The molecule has 0 saturated heterocycles. The maximum atomic E-state index is 2.35. The van der Waals surface area contributed by atoms with Crippen LogP contribution in [0.25, 0.3) is 0 Å². The van der Waals surface area contributed by atoms with Gasteiger partial charge in [-0.05, 0) is 25.2 Å². The second-order valence-corrected chi connectivity index (χ2v) is 4.30. The van der Waals surface area contributed by atoms with E-state index in [1.165, 1.54) is 44.9 Å². The summed E-state index contributed by atoms with van der Waals surface area (Å²) in [6, 6.07) is 0. The minimum Gasteiger partial charge on any atom is -0.0885 e. The van der Waals surface area contributed by atoms with Gasteiger partial charge in [0.1, 0.15) is 0 Å². The molecule has 0 fully saturated rings. The molecule has 0 nitrogen and oxygen atoms in total. The molecule has 0 aromatic heterocycles. The van der Waals surface area contributed by atoms with Crippen molar-refractivity contribution < 1.29 is 0 Å². The van der Waals surface area contributed by atoms with E-state index in [0.717, 1.165) is 5.92 Å². The number of rotatable bonds is 8. The molecular formula is C13H26. The Labute approximate surface area is 84.4 Å². The van der Waals surface area contributed by atoms with Crippen LogP contribution in [-0.4, -0.2) is 0 Å². The number of hydrogen-bond acceptors (Lipinski definition) is 0. The molecule has 0 rings (SSSR count). The molecule has 0 bridgehead atoms. The Kier molecular flexibility index (Phi) is 9.63. The molecular weight excluding hydrogens is 156 g/mol. The molecule has 0 aliphatic heterocycles. The van der Waals surface area contributed by atoms with E-state index >= 15 is 0 Å². The molecule has 13 heavy (non-hydrogen) atoms. The van der Waals surface area contributed by atoms with Crippen molar-refractivity contribution in [2.24, 2.45) is 5.92 Å². The summed E-state index contributed by atoms with van der Waals surface area (Å²) in [6.45, 7) is 6.81. The van der Waals surface area contributed by atoms with Crippen molar-refractivity contribution in [3.05, 3.63) is 12.2 Å². The second kappa shape index (κ2) is 9.83. The lowest BCUT2D eigenvalue weighted by Gasteiger charge is -1.98. The lowest BCUT2D eigenvalue weighted by atomic mass is 10.1. The summed E-state index contributed by atoms with van der Waals surface area (Å²) in [6.07, 6.45) is 14.2. The van der Waals surface area contributed by atoms with E-state index in [4.69, 9.17) is 0 Å². The van der Waals surface area contributed by atoms with Crippen LogP contribution in [0.2, 0.25) is 0 Å². The second-order valence-electron chi connectivity index (χ2n) is 4.30. The molecule has 0 atom stereocenters. The third-order valence-corrected chi connectivity index (χ3v) is 2.25. The monoisotopic (exact) mass is 182 g/mol. The molecule has 0 aliphatic rings. The fourth-order valence-corrected chi connectivity index (χ4v) is 1.35. The van der Waals surface area contributed by atoms with Gasteiger partial charge in [0.25, 0.3) is 0 Å². The summed E-state index contributed by atoms with van der Waals surface area (Å²) >= 11 is 0. The molecule has 0 heteroatoms. The van der Waals surface area contributed by atoms with Crippen LogP contribution in [0.15, 0.2) is 12.2 Å². The van der Waals surface area contributed by atoms with E-state index in [1.807, 2.05) is 0 Å². The first kappa shape index (κ1) is 12.7. The van der Waals surface area contributed by atoms with Gasteiger partial charge in [0.15, 0.2) is 0 Å². The van der Waals surface area contributed by atoms with Crippen LogP contribution in [0, 0.1) is 5.92 Å². The Balaban J connectivity index is 3.02. The minimum absolute atomic E-state index is 0.816. The highest BCUT2D eigenvalue weighted by molar-refractivity contribution is 4.82. The minimum atomic E-state index is 0.816. The standard InChI is InChI=1S/C13H26/c1-4-5-6-7-8-9-10-11-12-13(2)3/h10-11,13H,4-9,12H2,1-3H3/b11-10+. The Morgan fingerprint density at radius 3 is 2.23 bits per heavy atom. The zero-order valence-corrected chi connectivity index (χ0v) is 9.68. The largest absolute Gasteiger partial charge is 0.0885 e. The molecule has 0 aromatic rings. The molecule has 0 radical (unpaired) electrons. The Bertz CT molecular complexity index is 111. The van der Waals surface area contributed by atoms with Gasteiger partial charge in [-0.3, -0.25) is 0 Å². The summed E-state index contributed by atoms with van der Waals surface area (Å²) in [5, 5.41) is 0. The third-order valence-electron chi connectivity index (χ3n) is 2.25. The number of unbranched alkanes of at least 4 members (excludes halogenated alkanes) is 5. The zero-order valence-electron chi connectivity index (χ0n) is 9.68. The van der Waals surface area contributed by atoms with Crippen LogP contribution < -0.4 is 0 Å². The van der Waals surface area contributed by atoms with Gasteiger partial charge in [0.05, 0.1) is 0 Å². The van der Waals surface area contributed by atoms with Crippen molar-refractivity contribution in [1.82, 2.24) is 0 Å². The summed E-state index contributed by atoms with van der Waals surface area (Å²) in [4.78, 5) is 0. The molecule has 0 spiro atoms. The van der Waals surface area contributed by atoms with Crippen molar-refractivity contribution in [2.45, 2.75) is 65.7 Å².